The lowest BCUT2D eigenvalue weighted by Crippen LogP contribution is -2.04. The molecule has 0 radical (unpaired) electrons. The molecule has 1 aromatic rings. The summed E-state index contributed by atoms with van der Waals surface area (Å²) in [6, 6.07) is 1.46. The highest BCUT2D eigenvalue weighted by atomic mass is 14.9. The Hall–Kier alpha value is -1.65. The monoisotopic (exact) mass is 139 g/mol. The molecule has 0 amide bonds. The van der Waals surface area contributed by atoms with Gasteiger partial charge in [0, 0.05) is 6.07 Å². The molecule has 5 nitrogen and oxygen atoms in total. The highest BCUT2D eigenvalue weighted by Crippen LogP contribution is 2.21. The second-order valence-corrected chi connectivity index (χ2v) is 1.94. The lowest BCUT2D eigenvalue weighted by molar-refractivity contribution is 1.35. The molecule has 0 fully saturated rings. The van der Waals surface area contributed by atoms with Crippen LogP contribution < -0.4 is 22.9 Å². The predicted octanol–water partition coefficient (Wildman–Crippen LogP) is -0.590. The smallest absolute Gasteiger partial charge is 0.151 e. The molecule has 0 aromatic carbocycles. The minimum atomic E-state index is 0.178. The lowest BCUT2D eigenvalue weighted by Gasteiger charge is -2.02. The molecular weight excluding hydrogens is 130 g/mol. The van der Waals surface area contributed by atoms with Crippen molar-refractivity contribution in [3.63, 3.8) is 0 Å². The van der Waals surface area contributed by atoms with Crippen molar-refractivity contribution in [1.29, 1.82) is 0 Å². The van der Waals surface area contributed by atoms with Crippen molar-refractivity contribution in [2.75, 3.05) is 22.9 Å². The van der Waals surface area contributed by atoms with Crippen molar-refractivity contribution in [3.05, 3.63) is 6.07 Å². The molecule has 54 valence electrons. The van der Waals surface area contributed by atoms with E-state index in [1.54, 1.807) is 0 Å². The van der Waals surface area contributed by atoms with E-state index >= 15 is 0 Å². The number of nitrogens with zero attached hydrogens (tertiary/aromatic N) is 1. The van der Waals surface area contributed by atoms with E-state index in [4.69, 9.17) is 22.9 Å². The Morgan fingerprint density at radius 2 is 1.70 bits per heavy atom. The summed E-state index contributed by atoms with van der Waals surface area (Å²) < 4.78 is 0. The first-order chi connectivity index (χ1) is 4.61. The summed E-state index contributed by atoms with van der Waals surface area (Å²) in [5.74, 6) is 0.460. The van der Waals surface area contributed by atoms with Crippen LogP contribution in [0.2, 0.25) is 0 Å². The second-order valence-electron chi connectivity index (χ2n) is 1.94. The van der Waals surface area contributed by atoms with E-state index in [1.165, 1.54) is 6.07 Å². The molecule has 0 aliphatic heterocycles. The van der Waals surface area contributed by atoms with Gasteiger partial charge in [0.05, 0.1) is 11.4 Å². The molecule has 0 aliphatic carbocycles. The zero-order chi connectivity index (χ0) is 7.72. The number of nitrogen functional groups attached to an aromatic ring is 4. The Kier molecular flexibility index (Phi) is 1.26. The minimum Gasteiger partial charge on any atom is -0.397 e. The molecule has 1 heterocycles. The zero-order valence-electron chi connectivity index (χ0n) is 5.33. The molecule has 0 aliphatic rings. The number of hydrogen-bond donors (Lipinski definition) is 4. The highest BCUT2D eigenvalue weighted by Gasteiger charge is 2.00. The van der Waals surface area contributed by atoms with Crippen LogP contribution in [0.25, 0.3) is 0 Å². The van der Waals surface area contributed by atoms with Crippen molar-refractivity contribution in [2.45, 2.75) is 0 Å². The Morgan fingerprint density at radius 1 is 1.10 bits per heavy atom. The Bertz CT molecular complexity index is 233. The Labute approximate surface area is 58.0 Å². The van der Waals surface area contributed by atoms with Gasteiger partial charge in [-0.3, -0.25) is 0 Å². The molecule has 0 saturated heterocycles. The maximum Gasteiger partial charge on any atom is 0.151 e. The van der Waals surface area contributed by atoms with Crippen LogP contribution in [0, 0.1) is 0 Å². The van der Waals surface area contributed by atoms with Gasteiger partial charge in [-0.25, -0.2) is 4.98 Å². The maximum atomic E-state index is 5.40. The molecule has 0 spiro atoms. The Balaban J connectivity index is 3.31. The van der Waals surface area contributed by atoms with Crippen molar-refractivity contribution in [1.82, 2.24) is 4.98 Å². The Morgan fingerprint density at radius 3 is 2.20 bits per heavy atom. The molecule has 10 heavy (non-hydrogen) atoms. The molecule has 0 unspecified atom stereocenters. The van der Waals surface area contributed by atoms with Gasteiger partial charge in [-0.2, -0.15) is 0 Å². The maximum absolute atomic E-state index is 5.40. The summed E-state index contributed by atoms with van der Waals surface area (Å²) >= 11 is 0. The number of rotatable bonds is 0. The third kappa shape index (κ3) is 0.883. The fraction of sp³-hybridized carbons (Fsp3) is 0. The fourth-order valence-electron chi connectivity index (χ4n) is 0.617. The van der Waals surface area contributed by atoms with Crippen molar-refractivity contribution < 1.29 is 0 Å². The topological polar surface area (TPSA) is 117 Å². The van der Waals surface area contributed by atoms with E-state index in [-0.39, 0.29) is 17.3 Å². The molecule has 1 aromatic heterocycles. The molecular formula is C5H9N5. The second kappa shape index (κ2) is 1.94. The van der Waals surface area contributed by atoms with Crippen molar-refractivity contribution >= 4 is 23.0 Å². The zero-order valence-corrected chi connectivity index (χ0v) is 5.33. The fourth-order valence-corrected chi connectivity index (χ4v) is 0.617. The van der Waals surface area contributed by atoms with Crippen LogP contribution in [0.5, 0.6) is 0 Å². The standard InChI is InChI=1S/C5H9N5/c6-2-1-3(7)10-5(9)4(2)8/h1H,8H2,(H6,6,7,9,10). The summed E-state index contributed by atoms with van der Waals surface area (Å²) in [5.41, 5.74) is 22.1. The van der Waals surface area contributed by atoms with Gasteiger partial charge < -0.3 is 22.9 Å². The number of nitrogens with two attached hydrogens (primary N) is 4. The van der Waals surface area contributed by atoms with Gasteiger partial charge in [-0.1, -0.05) is 0 Å². The molecule has 0 bridgehead atoms. The third-order valence-corrected chi connectivity index (χ3v) is 1.14. The summed E-state index contributed by atoms with van der Waals surface area (Å²) in [6.07, 6.45) is 0. The van der Waals surface area contributed by atoms with Gasteiger partial charge in [-0.15, -0.1) is 0 Å². The average Bonchev–Trinajstić information content (AvgIpc) is 1.82. The summed E-state index contributed by atoms with van der Waals surface area (Å²) in [4.78, 5) is 3.68. The molecule has 8 N–H and O–H groups in total. The van der Waals surface area contributed by atoms with Crippen LogP contribution in [0.1, 0.15) is 0 Å². The van der Waals surface area contributed by atoms with E-state index in [1.807, 2.05) is 0 Å². The van der Waals surface area contributed by atoms with Crippen molar-refractivity contribution in [3.8, 4) is 0 Å². The van der Waals surface area contributed by atoms with Crippen LogP contribution in [0.15, 0.2) is 6.07 Å². The van der Waals surface area contributed by atoms with Crippen LogP contribution in [-0.4, -0.2) is 4.98 Å². The lowest BCUT2D eigenvalue weighted by atomic mass is 10.3. The largest absolute Gasteiger partial charge is 0.397 e. The minimum absolute atomic E-state index is 0.178. The van der Waals surface area contributed by atoms with Crippen molar-refractivity contribution in [2.24, 2.45) is 0 Å². The number of anilines is 4. The van der Waals surface area contributed by atoms with E-state index in [2.05, 4.69) is 4.98 Å². The average molecular weight is 139 g/mol. The summed E-state index contributed by atoms with van der Waals surface area (Å²) in [5, 5.41) is 0. The number of pyridine rings is 1. The van der Waals surface area contributed by atoms with Crippen LogP contribution in [0.4, 0.5) is 23.0 Å². The van der Waals surface area contributed by atoms with E-state index < -0.39 is 0 Å². The van der Waals surface area contributed by atoms with E-state index in [0.29, 0.717) is 5.69 Å². The quantitative estimate of drug-likeness (QED) is 0.383. The van der Waals surface area contributed by atoms with Gasteiger partial charge in [-0.05, 0) is 0 Å². The molecule has 5 heteroatoms. The molecule has 0 atom stereocenters. The van der Waals surface area contributed by atoms with Gasteiger partial charge in [0.1, 0.15) is 5.82 Å². The number of aromatic nitrogens is 1. The predicted molar refractivity (Wildman–Crippen MR) is 41.9 cm³/mol. The van der Waals surface area contributed by atoms with Crippen LogP contribution >= 0.6 is 0 Å². The highest BCUT2D eigenvalue weighted by molar-refractivity contribution is 5.76. The van der Waals surface area contributed by atoms with Crippen LogP contribution in [-0.2, 0) is 0 Å². The molecule has 0 saturated carbocycles. The van der Waals surface area contributed by atoms with E-state index in [0.717, 1.165) is 0 Å². The van der Waals surface area contributed by atoms with Gasteiger partial charge >= 0.3 is 0 Å². The first kappa shape index (κ1) is 6.47. The number of hydrogen-bond acceptors (Lipinski definition) is 5. The first-order valence-electron chi connectivity index (χ1n) is 2.68. The first-order valence-corrected chi connectivity index (χ1v) is 2.68. The van der Waals surface area contributed by atoms with Gasteiger partial charge in [0.25, 0.3) is 0 Å². The van der Waals surface area contributed by atoms with Crippen LogP contribution in [0.3, 0.4) is 0 Å². The third-order valence-electron chi connectivity index (χ3n) is 1.14. The summed E-state index contributed by atoms with van der Waals surface area (Å²) in [7, 11) is 0. The van der Waals surface area contributed by atoms with E-state index in [9.17, 15) is 0 Å². The normalized spacial score (nSPS) is 9.60. The SMILES string of the molecule is Nc1cc(N)c(N)c(N)n1. The van der Waals surface area contributed by atoms with Gasteiger partial charge in [0.2, 0.25) is 0 Å². The molecule has 1 rings (SSSR count). The summed E-state index contributed by atoms with van der Waals surface area (Å²) in [6.45, 7) is 0. The van der Waals surface area contributed by atoms with Gasteiger partial charge in [0.15, 0.2) is 5.82 Å².